The maximum Gasteiger partial charge on any atom is 0.318 e. The molecular formula is C8H15N3O3. The van der Waals surface area contributed by atoms with Crippen LogP contribution in [0.25, 0.3) is 0 Å². The SMILES string of the molecule is NC(=O)NC(=O)CN1CCCC1CO. The van der Waals surface area contributed by atoms with Crippen molar-refractivity contribution in [2.24, 2.45) is 5.73 Å². The van der Waals surface area contributed by atoms with Crippen LogP contribution < -0.4 is 11.1 Å². The third kappa shape index (κ3) is 2.97. The van der Waals surface area contributed by atoms with Crippen LogP contribution >= 0.6 is 0 Å². The third-order valence-electron chi connectivity index (χ3n) is 2.32. The van der Waals surface area contributed by atoms with Crippen molar-refractivity contribution in [1.82, 2.24) is 10.2 Å². The molecule has 0 radical (unpaired) electrons. The van der Waals surface area contributed by atoms with Gasteiger partial charge in [0.05, 0.1) is 13.2 Å². The number of primary amides is 1. The number of aliphatic hydroxyl groups excluding tert-OH is 1. The van der Waals surface area contributed by atoms with E-state index in [-0.39, 0.29) is 19.2 Å². The Morgan fingerprint density at radius 3 is 2.86 bits per heavy atom. The number of urea groups is 1. The van der Waals surface area contributed by atoms with Crippen LogP contribution in [0.2, 0.25) is 0 Å². The molecular weight excluding hydrogens is 186 g/mol. The number of nitrogens with two attached hydrogens (primary N) is 1. The van der Waals surface area contributed by atoms with Crippen molar-refractivity contribution < 1.29 is 14.7 Å². The fraction of sp³-hybridized carbons (Fsp3) is 0.750. The van der Waals surface area contributed by atoms with Gasteiger partial charge in [0.15, 0.2) is 0 Å². The van der Waals surface area contributed by atoms with Crippen LogP contribution in [0.5, 0.6) is 0 Å². The van der Waals surface area contributed by atoms with Crippen molar-refractivity contribution >= 4 is 11.9 Å². The van der Waals surface area contributed by atoms with E-state index < -0.39 is 11.9 Å². The molecule has 6 heteroatoms. The lowest BCUT2D eigenvalue weighted by molar-refractivity contribution is -0.121. The Bertz CT molecular complexity index is 232. The Morgan fingerprint density at radius 2 is 2.29 bits per heavy atom. The summed E-state index contributed by atoms with van der Waals surface area (Å²) in [4.78, 5) is 23.3. The van der Waals surface area contributed by atoms with Crippen molar-refractivity contribution in [3.05, 3.63) is 0 Å². The second-order valence-corrected chi connectivity index (χ2v) is 3.36. The first-order valence-corrected chi connectivity index (χ1v) is 4.57. The number of nitrogens with one attached hydrogen (secondary N) is 1. The lowest BCUT2D eigenvalue weighted by Crippen LogP contribution is -2.44. The summed E-state index contributed by atoms with van der Waals surface area (Å²) in [6.45, 7) is 0.940. The van der Waals surface area contributed by atoms with Gasteiger partial charge in [-0.3, -0.25) is 15.0 Å². The van der Waals surface area contributed by atoms with Crippen LogP contribution in [0.1, 0.15) is 12.8 Å². The van der Waals surface area contributed by atoms with Gasteiger partial charge in [-0.05, 0) is 19.4 Å². The highest BCUT2D eigenvalue weighted by Crippen LogP contribution is 2.15. The van der Waals surface area contributed by atoms with E-state index in [1.54, 1.807) is 0 Å². The molecule has 0 aromatic heterocycles. The number of hydrogen-bond donors (Lipinski definition) is 3. The van der Waals surface area contributed by atoms with Crippen molar-refractivity contribution in [2.75, 3.05) is 19.7 Å². The zero-order chi connectivity index (χ0) is 10.6. The molecule has 14 heavy (non-hydrogen) atoms. The number of imide groups is 1. The lowest BCUT2D eigenvalue weighted by atomic mass is 10.2. The highest BCUT2D eigenvalue weighted by molar-refractivity contribution is 5.94. The van der Waals surface area contributed by atoms with Crippen LogP contribution in [0.3, 0.4) is 0 Å². The summed E-state index contributed by atoms with van der Waals surface area (Å²) >= 11 is 0. The van der Waals surface area contributed by atoms with Crippen LogP contribution in [0.4, 0.5) is 4.79 Å². The smallest absolute Gasteiger partial charge is 0.318 e. The molecule has 1 heterocycles. The normalized spacial score (nSPS) is 22.2. The molecule has 3 amide bonds. The Kier molecular flexibility index (Phi) is 3.84. The van der Waals surface area contributed by atoms with E-state index in [1.807, 2.05) is 10.2 Å². The molecule has 1 unspecified atom stereocenters. The number of aliphatic hydroxyl groups is 1. The fourth-order valence-corrected chi connectivity index (χ4v) is 1.67. The lowest BCUT2D eigenvalue weighted by Gasteiger charge is -2.21. The number of carbonyl (C=O) groups excluding carboxylic acids is 2. The highest BCUT2D eigenvalue weighted by atomic mass is 16.3. The van der Waals surface area contributed by atoms with E-state index in [2.05, 4.69) is 0 Å². The number of hydrogen-bond acceptors (Lipinski definition) is 4. The standard InChI is InChI=1S/C8H15N3O3/c9-8(14)10-7(13)4-11-3-1-2-6(11)5-12/h6,12H,1-5H2,(H3,9,10,13,14). The average molecular weight is 201 g/mol. The number of rotatable bonds is 3. The van der Waals surface area contributed by atoms with Gasteiger partial charge in [-0.2, -0.15) is 0 Å². The number of likely N-dealkylation sites (tertiary alicyclic amines) is 1. The second-order valence-electron chi connectivity index (χ2n) is 3.36. The Balaban J connectivity index is 2.35. The molecule has 0 spiro atoms. The summed E-state index contributed by atoms with van der Waals surface area (Å²) in [7, 11) is 0. The van der Waals surface area contributed by atoms with Gasteiger partial charge in [-0.15, -0.1) is 0 Å². The first kappa shape index (κ1) is 10.9. The minimum absolute atomic E-state index is 0.0358. The molecule has 0 aromatic rings. The Labute approximate surface area is 82.1 Å². The summed E-state index contributed by atoms with van der Waals surface area (Å²) in [5, 5.41) is 11.0. The fourth-order valence-electron chi connectivity index (χ4n) is 1.67. The predicted octanol–water partition coefficient (Wildman–Crippen LogP) is -1.36. The quantitative estimate of drug-likeness (QED) is 0.525. The molecule has 1 fully saturated rings. The van der Waals surface area contributed by atoms with Crippen LogP contribution in [0, 0.1) is 0 Å². The maximum absolute atomic E-state index is 11.1. The molecule has 4 N–H and O–H groups in total. The Hall–Kier alpha value is -1.14. The molecule has 1 aliphatic heterocycles. The van der Waals surface area contributed by atoms with Gasteiger partial charge in [0.1, 0.15) is 0 Å². The largest absolute Gasteiger partial charge is 0.395 e. The molecule has 0 saturated carbocycles. The van der Waals surface area contributed by atoms with Gasteiger partial charge in [0, 0.05) is 6.04 Å². The van der Waals surface area contributed by atoms with Crippen molar-refractivity contribution in [3.63, 3.8) is 0 Å². The van der Waals surface area contributed by atoms with Gasteiger partial charge in [-0.25, -0.2) is 4.79 Å². The molecule has 6 nitrogen and oxygen atoms in total. The van der Waals surface area contributed by atoms with Gasteiger partial charge in [0.25, 0.3) is 0 Å². The first-order valence-electron chi connectivity index (χ1n) is 4.57. The molecule has 1 atom stereocenters. The summed E-state index contributed by atoms with van der Waals surface area (Å²) in [5.74, 6) is -0.419. The Morgan fingerprint density at radius 1 is 1.57 bits per heavy atom. The minimum atomic E-state index is -0.838. The number of nitrogens with zero attached hydrogens (tertiary/aromatic N) is 1. The van der Waals surface area contributed by atoms with Gasteiger partial charge in [0.2, 0.25) is 5.91 Å². The molecule has 1 saturated heterocycles. The second kappa shape index (κ2) is 4.92. The molecule has 0 aromatic carbocycles. The number of amides is 3. The van der Waals surface area contributed by atoms with Crippen molar-refractivity contribution in [2.45, 2.75) is 18.9 Å². The van der Waals surface area contributed by atoms with E-state index in [0.717, 1.165) is 19.4 Å². The molecule has 1 aliphatic rings. The van der Waals surface area contributed by atoms with Crippen LogP contribution in [-0.2, 0) is 4.79 Å². The van der Waals surface area contributed by atoms with E-state index >= 15 is 0 Å². The molecule has 0 aliphatic carbocycles. The summed E-state index contributed by atoms with van der Waals surface area (Å²) in [6.07, 6.45) is 1.86. The summed E-state index contributed by atoms with van der Waals surface area (Å²) in [5.41, 5.74) is 4.80. The van der Waals surface area contributed by atoms with Crippen molar-refractivity contribution in [3.8, 4) is 0 Å². The van der Waals surface area contributed by atoms with E-state index in [4.69, 9.17) is 10.8 Å². The monoisotopic (exact) mass is 201 g/mol. The summed E-state index contributed by atoms with van der Waals surface area (Å²) in [6, 6.07) is -0.802. The van der Waals surface area contributed by atoms with Crippen LogP contribution in [-0.4, -0.2) is 47.7 Å². The first-order chi connectivity index (χ1) is 6.63. The van der Waals surface area contributed by atoms with E-state index in [9.17, 15) is 9.59 Å². The average Bonchev–Trinajstić information content (AvgIpc) is 2.50. The third-order valence-corrected chi connectivity index (χ3v) is 2.32. The van der Waals surface area contributed by atoms with Gasteiger partial charge in [-0.1, -0.05) is 0 Å². The maximum atomic E-state index is 11.1. The van der Waals surface area contributed by atoms with Gasteiger partial charge >= 0.3 is 6.03 Å². The number of carbonyl (C=O) groups is 2. The minimum Gasteiger partial charge on any atom is -0.395 e. The van der Waals surface area contributed by atoms with Gasteiger partial charge < -0.3 is 10.8 Å². The highest BCUT2D eigenvalue weighted by Gasteiger charge is 2.25. The molecule has 0 bridgehead atoms. The zero-order valence-electron chi connectivity index (χ0n) is 7.90. The van der Waals surface area contributed by atoms with Crippen LogP contribution in [0.15, 0.2) is 0 Å². The topological polar surface area (TPSA) is 95.7 Å². The van der Waals surface area contributed by atoms with E-state index in [1.165, 1.54) is 0 Å². The van der Waals surface area contributed by atoms with E-state index in [0.29, 0.717) is 0 Å². The molecule has 80 valence electrons. The zero-order valence-corrected chi connectivity index (χ0v) is 7.90. The molecule has 1 rings (SSSR count). The predicted molar refractivity (Wildman–Crippen MR) is 49.4 cm³/mol. The van der Waals surface area contributed by atoms with Crippen molar-refractivity contribution in [1.29, 1.82) is 0 Å². The summed E-state index contributed by atoms with van der Waals surface area (Å²) < 4.78 is 0.